The number of pyridine rings is 1. The molecule has 5 nitrogen and oxygen atoms in total. The molecule has 1 atom stereocenters. The van der Waals surface area contributed by atoms with Crippen molar-refractivity contribution in [3.63, 3.8) is 0 Å². The molecule has 0 aromatic carbocycles. The van der Waals surface area contributed by atoms with Crippen molar-refractivity contribution in [3.8, 4) is 0 Å². The number of carbonyl (C=O) groups excluding carboxylic acids is 1. The average molecular weight is 311 g/mol. The zero-order chi connectivity index (χ0) is 15.2. The maximum absolute atomic E-state index is 12.0. The Morgan fingerprint density at radius 2 is 2.14 bits per heavy atom. The van der Waals surface area contributed by atoms with Crippen LogP contribution in [-0.2, 0) is 0 Å². The maximum atomic E-state index is 12.0. The number of amides is 1. The lowest BCUT2D eigenvalue weighted by Gasteiger charge is -2.36. The van der Waals surface area contributed by atoms with E-state index in [1.54, 1.807) is 12.3 Å². The quantitative estimate of drug-likeness (QED) is 0.895. The Hall–Kier alpha value is -1.17. The van der Waals surface area contributed by atoms with E-state index in [1.807, 2.05) is 0 Å². The Bertz CT molecular complexity index is 474. The fourth-order valence-electron chi connectivity index (χ4n) is 2.49. The molecule has 0 aliphatic carbocycles. The standard InChI is InChI=1S/C15H23ClN4O/c1-12(20-9-7-19(2)8-10-20)3-6-18-15(21)13-4-5-17-11-14(13)16/h4-5,11-12H,3,6-10H2,1-2H3,(H,18,21). The molecule has 2 rings (SSSR count). The van der Waals surface area contributed by atoms with E-state index in [0.29, 0.717) is 23.2 Å². The van der Waals surface area contributed by atoms with Gasteiger partial charge in [-0.2, -0.15) is 0 Å². The normalized spacial score (nSPS) is 18.4. The smallest absolute Gasteiger partial charge is 0.252 e. The first kappa shape index (κ1) is 16.2. The minimum atomic E-state index is -0.132. The number of carbonyl (C=O) groups is 1. The van der Waals surface area contributed by atoms with Crippen LogP contribution in [0.4, 0.5) is 0 Å². The van der Waals surface area contributed by atoms with Crippen molar-refractivity contribution < 1.29 is 4.79 Å². The summed E-state index contributed by atoms with van der Waals surface area (Å²) in [5, 5.41) is 3.32. The van der Waals surface area contributed by atoms with Crippen molar-refractivity contribution in [2.75, 3.05) is 39.8 Å². The van der Waals surface area contributed by atoms with Gasteiger partial charge in [0.15, 0.2) is 0 Å². The third-order valence-corrected chi connectivity index (χ3v) is 4.33. The van der Waals surface area contributed by atoms with Gasteiger partial charge >= 0.3 is 0 Å². The third kappa shape index (κ3) is 4.66. The van der Waals surface area contributed by atoms with E-state index in [0.717, 1.165) is 32.6 Å². The van der Waals surface area contributed by atoms with Crippen LogP contribution in [0.5, 0.6) is 0 Å². The molecule has 1 unspecified atom stereocenters. The first-order valence-corrected chi connectivity index (χ1v) is 7.76. The molecular weight excluding hydrogens is 288 g/mol. The van der Waals surface area contributed by atoms with Crippen LogP contribution in [-0.4, -0.2) is 66.5 Å². The fraction of sp³-hybridized carbons (Fsp3) is 0.600. The molecule has 1 N–H and O–H groups in total. The molecule has 1 aliphatic heterocycles. The predicted molar refractivity (Wildman–Crippen MR) is 84.7 cm³/mol. The summed E-state index contributed by atoms with van der Waals surface area (Å²) in [4.78, 5) is 20.7. The molecule has 1 aliphatic rings. The number of piperazine rings is 1. The number of nitrogens with one attached hydrogen (secondary N) is 1. The molecule has 21 heavy (non-hydrogen) atoms. The molecule has 2 heterocycles. The van der Waals surface area contributed by atoms with Crippen molar-refractivity contribution in [2.45, 2.75) is 19.4 Å². The number of nitrogens with zero attached hydrogens (tertiary/aromatic N) is 3. The highest BCUT2D eigenvalue weighted by molar-refractivity contribution is 6.33. The molecule has 1 amide bonds. The summed E-state index contributed by atoms with van der Waals surface area (Å²) >= 11 is 5.96. The number of hydrogen-bond donors (Lipinski definition) is 1. The molecule has 116 valence electrons. The summed E-state index contributed by atoms with van der Waals surface area (Å²) in [6, 6.07) is 2.12. The summed E-state index contributed by atoms with van der Waals surface area (Å²) in [5.74, 6) is -0.132. The molecular formula is C15H23ClN4O. The van der Waals surface area contributed by atoms with Gasteiger partial charge in [0.2, 0.25) is 0 Å². The molecule has 1 aromatic heterocycles. The van der Waals surface area contributed by atoms with E-state index in [-0.39, 0.29) is 5.91 Å². The highest BCUT2D eigenvalue weighted by Crippen LogP contribution is 2.13. The largest absolute Gasteiger partial charge is 0.352 e. The second-order valence-corrected chi connectivity index (χ2v) is 6.00. The molecule has 0 saturated carbocycles. The van der Waals surface area contributed by atoms with Crippen LogP contribution in [0.3, 0.4) is 0 Å². The van der Waals surface area contributed by atoms with E-state index in [4.69, 9.17) is 11.6 Å². The van der Waals surface area contributed by atoms with Crippen LogP contribution in [0.1, 0.15) is 23.7 Å². The van der Waals surface area contributed by atoms with Gasteiger partial charge in [-0.05, 0) is 26.5 Å². The SMILES string of the molecule is CC(CCNC(=O)c1ccncc1Cl)N1CCN(C)CC1. The van der Waals surface area contributed by atoms with Gasteiger partial charge < -0.3 is 10.2 Å². The van der Waals surface area contributed by atoms with E-state index in [1.165, 1.54) is 6.20 Å². The Morgan fingerprint density at radius 1 is 1.43 bits per heavy atom. The summed E-state index contributed by atoms with van der Waals surface area (Å²) in [5.41, 5.74) is 0.485. The lowest BCUT2D eigenvalue weighted by Crippen LogP contribution is -2.48. The van der Waals surface area contributed by atoms with Crippen LogP contribution in [0, 0.1) is 0 Å². The van der Waals surface area contributed by atoms with E-state index in [9.17, 15) is 4.79 Å². The van der Waals surface area contributed by atoms with Crippen molar-refractivity contribution in [2.24, 2.45) is 0 Å². The van der Waals surface area contributed by atoms with Crippen molar-refractivity contribution in [1.29, 1.82) is 0 Å². The minimum Gasteiger partial charge on any atom is -0.352 e. The molecule has 6 heteroatoms. The topological polar surface area (TPSA) is 48.5 Å². The summed E-state index contributed by atoms with van der Waals surface area (Å²) in [7, 11) is 2.15. The van der Waals surface area contributed by atoms with E-state index < -0.39 is 0 Å². The summed E-state index contributed by atoms with van der Waals surface area (Å²) < 4.78 is 0. The van der Waals surface area contributed by atoms with Crippen molar-refractivity contribution >= 4 is 17.5 Å². The van der Waals surface area contributed by atoms with Gasteiger partial charge in [-0.3, -0.25) is 14.7 Å². The lowest BCUT2D eigenvalue weighted by atomic mass is 10.1. The molecule has 0 bridgehead atoms. The van der Waals surface area contributed by atoms with E-state index >= 15 is 0 Å². The highest BCUT2D eigenvalue weighted by atomic mass is 35.5. The van der Waals surface area contributed by atoms with Gasteiger partial charge in [0.25, 0.3) is 5.91 Å². The predicted octanol–water partition coefficient (Wildman–Crippen LogP) is 1.49. The van der Waals surface area contributed by atoms with Crippen LogP contribution >= 0.6 is 11.6 Å². The molecule has 0 spiro atoms. The van der Waals surface area contributed by atoms with Crippen LogP contribution in [0.25, 0.3) is 0 Å². The van der Waals surface area contributed by atoms with Gasteiger partial charge in [0.05, 0.1) is 10.6 Å². The molecule has 1 saturated heterocycles. The highest BCUT2D eigenvalue weighted by Gasteiger charge is 2.19. The second-order valence-electron chi connectivity index (χ2n) is 5.59. The average Bonchev–Trinajstić information content (AvgIpc) is 2.48. The minimum absolute atomic E-state index is 0.132. The number of hydrogen-bond acceptors (Lipinski definition) is 4. The van der Waals surface area contributed by atoms with Crippen LogP contribution in [0.2, 0.25) is 5.02 Å². The Balaban J connectivity index is 1.74. The van der Waals surface area contributed by atoms with Crippen LogP contribution in [0.15, 0.2) is 18.5 Å². The number of aromatic nitrogens is 1. The maximum Gasteiger partial charge on any atom is 0.252 e. The van der Waals surface area contributed by atoms with Gasteiger partial charge in [-0.25, -0.2) is 0 Å². The first-order chi connectivity index (χ1) is 10.1. The first-order valence-electron chi connectivity index (χ1n) is 7.38. The Morgan fingerprint density at radius 3 is 2.81 bits per heavy atom. The number of likely N-dealkylation sites (N-methyl/N-ethyl adjacent to an activating group) is 1. The Labute approximate surface area is 131 Å². The van der Waals surface area contributed by atoms with Gasteiger partial charge in [0.1, 0.15) is 0 Å². The molecule has 1 fully saturated rings. The molecule has 0 radical (unpaired) electrons. The van der Waals surface area contributed by atoms with Crippen molar-refractivity contribution in [3.05, 3.63) is 29.0 Å². The van der Waals surface area contributed by atoms with Gasteiger partial charge in [0, 0.05) is 51.2 Å². The fourth-order valence-corrected chi connectivity index (χ4v) is 2.70. The van der Waals surface area contributed by atoms with Gasteiger partial charge in [-0.15, -0.1) is 0 Å². The third-order valence-electron chi connectivity index (χ3n) is 4.03. The number of halogens is 1. The van der Waals surface area contributed by atoms with E-state index in [2.05, 4.69) is 34.1 Å². The summed E-state index contributed by atoms with van der Waals surface area (Å²) in [6.45, 7) is 7.30. The summed E-state index contributed by atoms with van der Waals surface area (Å²) in [6.07, 6.45) is 4.01. The molecule has 1 aromatic rings. The lowest BCUT2D eigenvalue weighted by molar-refractivity contribution is 0.0935. The zero-order valence-electron chi connectivity index (χ0n) is 12.7. The van der Waals surface area contributed by atoms with Crippen molar-refractivity contribution in [1.82, 2.24) is 20.1 Å². The zero-order valence-corrected chi connectivity index (χ0v) is 13.4. The number of rotatable bonds is 5. The van der Waals surface area contributed by atoms with Gasteiger partial charge in [-0.1, -0.05) is 11.6 Å². The van der Waals surface area contributed by atoms with Crippen LogP contribution < -0.4 is 5.32 Å². The Kier molecular flexibility index (Phi) is 5.96. The second kappa shape index (κ2) is 7.73. The monoisotopic (exact) mass is 310 g/mol.